The summed E-state index contributed by atoms with van der Waals surface area (Å²) >= 11 is 3.39. The SMILES string of the molecule is Cc1cc(N(CC(=O)NCCOc2ccccc2C(C)C)S(C)(=O)=O)ccc1Br. The number of benzene rings is 2. The lowest BCUT2D eigenvalue weighted by Gasteiger charge is -2.22. The van der Waals surface area contributed by atoms with Crippen LogP contribution < -0.4 is 14.4 Å². The molecular weight excluding hydrogens is 456 g/mol. The Labute approximate surface area is 181 Å². The van der Waals surface area contributed by atoms with Crippen molar-refractivity contribution in [2.45, 2.75) is 26.7 Å². The van der Waals surface area contributed by atoms with Gasteiger partial charge in [-0.25, -0.2) is 8.42 Å². The van der Waals surface area contributed by atoms with Crippen molar-refractivity contribution in [2.75, 3.05) is 30.3 Å². The van der Waals surface area contributed by atoms with Crippen LogP contribution in [-0.4, -0.2) is 40.3 Å². The number of nitrogens with one attached hydrogen (secondary N) is 1. The van der Waals surface area contributed by atoms with Crippen LogP contribution in [0.5, 0.6) is 5.75 Å². The van der Waals surface area contributed by atoms with Gasteiger partial charge in [-0.2, -0.15) is 0 Å². The predicted molar refractivity (Wildman–Crippen MR) is 120 cm³/mol. The van der Waals surface area contributed by atoms with E-state index in [1.807, 2.05) is 31.2 Å². The zero-order valence-electron chi connectivity index (χ0n) is 17.1. The summed E-state index contributed by atoms with van der Waals surface area (Å²) in [5, 5.41) is 2.72. The van der Waals surface area contributed by atoms with Gasteiger partial charge in [0, 0.05) is 4.47 Å². The zero-order chi connectivity index (χ0) is 21.6. The van der Waals surface area contributed by atoms with Gasteiger partial charge in [-0.15, -0.1) is 0 Å². The van der Waals surface area contributed by atoms with E-state index >= 15 is 0 Å². The van der Waals surface area contributed by atoms with E-state index in [9.17, 15) is 13.2 Å². The normalized spacial score (nSPS) is 11.4. The molecule has 0 aliphatic heterocycles. The van der Waals surface area contributed by atoms with Crippen LogP contribution >= 0.6 is 15.9 Å². The van der Waals surface area contributed by atoms with Crippen molar-refractivity contribution in [3.8, 4) is 5.75 Å². The second-order valence-corrected chi connectivity index (χ2v) is 9.86. The second kappa shape index (κ2) is 10.1. The van der Waals surface area contributed by atoms with E-state index in [2.05, 4.69) is 35.1 Å². The summed E-state index contributed by atoms with van der Waals surface area (Å²) in [7, 11) is -3.61. The van der Waals surface area contributed by atoms with Crippen molar-refractivity contribution in [1.82, 2.24) is 5.32 Å². The number of para-hydroxylation sites is 1. The summed E-state index contributed by atoms with van der Waals surface area (Å²) in [6, 6.07) is 12.9. The number of aryl methyl sites for hydroxylation is 1. The molecule has 8 heteroatoms. The van der Waals surface area contributed by atoms with Gasteiger partial charge in [-0.3, -0.25) is 9.10 Å². The van der Waals surface area contributed by atoms with Crippen molar-refractivity contribution in [3.63, 3.8) is 0 Å². The van der Waals surface area contributed by atoms with E-state index in [-0.39, 0.29) is 13.1 Å². The average Bonchev–Trinajstić information content (AvgIpc) is 2.65. The molecule has 0 aliphatic rings. The quantitative estimate of drug-likeness (QED) is 0.550. The van der Waals surface area contributed by atoms with Crippen LogP contribution in [0.4, 0.5) is 5.69 Å². The Kier molecular flexibility index (Phi) is 8.10. The molecule has 2 rings (SSSR count). The molecular formula is C21H27BrN2O4S. The maximum Gasteiger partial charge on any atom is 0.240 e. The summed E-state index contributed by atoms with van der Waals surface area (Å²) in [4.78, 5) is 12.3. The summed E-state index contributed by atoms with van der Waals surface area (Å²) in [5.41, 5.74) is 2.44. The fraction of sp³-hybridized carbons (Fsp3) is 0.381. The van der Waals surface area contributed by atoms with Crippen molar-refractivity contribution < 1.29 is 17.9 Å². The highest BCUT2D eigenvalue weighted by Crippen LogP contribution is 2.26. The van der Waals surface area contributed by atoms with Gasteiger partial charge >= 0.3 is 0 Å². The van der Waals surface area contributed by atoms with Crippen LogP contribution in [0.2, 0.25) is 0 Å². The van der Waals surface area contributed by atoms with E-state index in [1.165, 1.54) is 0 Å². The molecule has 0 saturated heterocycles. The lowest BCUT2D eigenvalue weighted by atomic mass is 10.0. The van der Waals surface area contributed by atoms with Gasteiger partial charge in [0.25, 0.3) is 0 Å². The lowest BCUT2D eigenvalue weighted by Crippen LogP contribution is -2.41. The van der Waals surface area contributed by atoms with Gasteiger partial charge in [-0.05, 0) is 48.2 Å². The first-order chi connectivity index (χ1) is 13.6. The standard InChI is InChI=1S/C21H27BrN2O4S/c1-15(2)18-7-5-6-8-20(18)28-12-11-23-21(25)14-24(29(4,26)27)17-9-10-19(22)16(3)13-17/h5-10,13,15H,11-12,14H2,1-4H3,(H,23,25). The Morgan fingerprint density at radius 1 is 1.21 bits per heavy atom. The fourth-order valence-electron chi connectivity index (χ4n) is 2.81. The molecule has 2 aromatic rings. The first kappa shape index (κ1) is 23.2. The molecule has 0 atom stereocenters. The highest BCUT2D eigenvalue weighted by molar-refractivity contribution is 9.10. The smallest absolute Gasteiger partial charge is 0.240 e. The molecule has 29 heavy (non-hydrogen) atoms. The van der Waals surface area contributed by atoms with Crippen LogP contribution in [0.25, 0.3) is 0 Å². The van der Waals surface area contributed by atoms with Crippen molar-refractivity contribution >= 4 is 37.5 Å². The molecule has 0 unspecified atom stereocenters. The Morgan fingerprint density at radius 2 is 1.90 bits per heavy atom. The molecule has 158 valence electrons. The number of carbonyl (C=O) groups is 1. The number of sulfonamides is 1. The predicted octanol–water partition coefficient (Wildman–Crippen LogP) is 3.84. The van der Waals surface area contributed by atoms with Gasteiger partial charge in [0.15, 0.2) is 0 Å². The topological polar surface area (TPSA) is 75.7 Å². The number of hydrogen-bond donors (Lipinski definition) is 1. The molecule has 2 aromatic carbocycles. The number of ether oxygens (including phenoxy) is 1. The largest absolute Gasteiger partial charge is 0.491 e. The minimum absolute atomic E-state index is 0.280. The third-order valence-corrected chi connectivity index (χ3v) is 6.37. The summed E-state index contributed by atoms with van der Waals surface area (Å²) < 4.78 is 32.1. The molecule has 0 heterocycles. The number of carbonyl (C=O) groups excluding carboxylic acids is 1. The van der Waals surface area contributed by atoms with E-state index in [0.29, 0.717) is 18.2 Å². The molecule has 0 radical (unpaired) electrons. The highest BCUT2D eigenvalue weighted by Gasteiger charge is 2.21. The third kappa shape index (κ3) is 6.75. The van der Waals surface area contributed by atoms with Crippen molar-refractivity contribution in [2.24, 2.45) is 0 Å². The Bertz CT molecular complexity index is 961. The highest BCUT2D eigenvalue weighted by atomic mass is 79.9. The van der Waals surface area contributed by atoms with E-state index in [1.54, 1.807) is 18.2 Å². The molecule has 0 saturated carbocycles. The number of halogens is 1. The molecule has 0 spiro atoms. The van der Waals surface area contributed by atoms with Gasteiger partial charge in [0.2, 0.25) is 15.9 Å². The zero-order valence-corrected chi connectivity index (χ0v) is 19.5. The first-order valence-electron chi connectivity index (χ1n) is 9.32. The summed E-state index contributed by atoms with van der Waals surface area (Å²) in [6.45, 7) is 6.33. The Morgan fingerprint density at radius 3 is 2.52 bits per heavy atom. The number of anilines is 1. The van der Waals surface area contributed by atoms with Crippen LogP contribution in [0.1, 0.15) is 30.9 Å². The molecule has 0 bridgehead atoms. The molecule has 0 aliphatic carbocycles. The number of hydrogen-bond acceptors (Lipinski definition) is 4. The van der Waals surface area contributed by atoms with Crippen LogP contribution in [-0.2, 0) is 14.8 Å². The number of rotatable bonds is 9. The molecule has 1 N–H and O–H groups in total. The van der Waals surface area contributed by atoms with Crippen molar-refractivity contribution in [3.05, 3.63) is 58.1 Å². The van der Waals surface area contributed by atoms with Crippen LogP contribution in [0.15, 0.2) is 46.9 Å². The molecule has 6 nitrogen and oxygen atoms in total. The van der Waals surface area contributed by atoms with Gasteiger partial charge in [-0.1, -0.05) is 48.0 Å². The first-order valence-corrected chi connectivity index (χ1v) is 12.0. The molecule has 0 fully saturated rings. The Balaban J connectivity index is 1.95. The van der Waals surface area contributed by atoms with E-state index in [0.717, 1.165) is 31.9 Å². The molecule has 1 amide bonds. The van der Waals surface area contributed by atoms with Gasteiger partial charge in [0.05, 0.1) is 18.5 Å². The second-order valence-electron chi connectivity index (χ2n) is 7.09. The van der Waals surface area contributed by atoms with E-state index < -0.39 is 15.9 Å². The van der Waals surface area contributed by atoms with Gasteiger partial charge < -0.3 is 10.1 Å². The Hall–Kier alpha value is -2.06. The number of amides is 1. The monoisotopic (exact) mass is 482 g/mol. The minimum atomic E-state index is -3.61. The maximum absolute atomic E-state index is 12.3. The third-order valence-electron chi connectivity index (χ3n) is 4.34. The number of nitrogens with zero attached hydrogens (tertiary/aromatic N) is 1. The van der Waals surface area contributed by atoms with Crippen molar-refractivity contribution in [1.29, 1.82) is 0 Å². The van der Waals surface area contributed by atoms with E-state index in [4.69, 9.17) is 4.74 Å². The molecule has 0 aromatic heterocycles. The minimum Gasteiger partial charge on any atom is -0.491 e. The fourth-order valence-corrected chi connectivity index (χ4v) is 3.91. The van der Waals surface area contributed by atoms with Crippen LogP contribution in [0.3, 0.4) is 0 Å². The van der Waals surface area contributed by atoms with Crippen LogP contribution in [0, 0.1) is 6.92 Å². The lowest BCUT2D eigenvalue weighted by molar-refractivity contribution is -0.119. The van der Waals surface area contributed by atoms with Gasteiger partial charge in [0.1, 0.15) is 18.9 Å². The summed E-state index contributed by atoms with van der Waals surface area (Å²) in [6.07, 6.45) is 1.09. The average molecular weight is 483 g/mol. The summed E-state index contributed by atoms with van der Waals surface area (Å²) in [5.74, 6) is 0.732. The maximum atomic E-state index is 12.3.